The molecule has 0 radical (unpaired) electrons. The van der Waals surface area contributed by atoms with Gasteiger partial charge in [0.25, 0.3) is 11.5 Å². The minimum Gasteiger partial charge on any atom is -0.382 e. The van der Waals surface area contributed by atoms with Gasteiger partial charge in [-0.1, -0.05) is 20.8 Å². The predicted molar refractivity (Wildman–Crippen MR) is 106 cm³/mol. The molecule has 154 valence electrons. The molecule has 1 amide bonds. The van der Waals surface area contributed by atoms with Crippen molar-refractivity contribution in [2.24, 2.45) is 0 Å². The van der Waals surface area contributed by atoms with Gasteiger partial charge in [0.1, 0.15) is 0 Å². The normalized spacial score (nSPS) is 11.3. The predicted octanol–water partition coefficient (Wildman–Crippen LogP) is 1.01. The van der Waals surface area contributed by atoms with E-state index in [1.807, 2.05) is 20.8 Å². The third kappa shape index (κ3) is 5.05. The maximum Gasteiger partial charge on any atom is 0.329 e. The van der Waals surface area contributed by atoms with Crippen LogP contribution in [-0.4, -0.2) is 53.9 Å². The van der Waals surface area contributed by atoms with Crippen LogP contribution in [0.15, 0.2) is 15.7 Å². The van der Waals surface area contributed by atoms with E-state index in [2.05, 4.69) is 15.3 Å². The molecule has 2 heterocycles. The van der Waals surface area contributed by atoms with Gasteiger partial charge in [-0.3, -0.25) is 19.1 Å². The average Bonchev–Trinajstić information content (AvgIpc) is 2.66. The van der Waals surface area contributed by atoms with Gasteiger partial charge in [0.2, 0.25) is 0 Å². The summed E-state index contributed by atoms with van der Waals surface area (Å²) in [5.74, 6) is -0.380. The van der Waals surface area contributed by atoms with E-state index in [9.17, 15) is 14.4 Å². The summed E-state index contributed by atoms with van der Waals surface area (Å²) in [7, 11) is 1.58. The fraction of sp³-hybridized carbons (Fsp3) is 0.579. The zero-order chi connectivity index (χ0) is 20.7. The maximum absolute atomic E-state index is 12.8. The van der Waals surface area contributed by atoms with Gasteiger partial charge in [0.05, 0.1) is 30.8 Å². The van der Waals surface area contributed by atoms with E-state index in [-0.39, 0.29) is 29.1 Å². The van der Waals surface area contributed by atoms with Crippen LogP contribution < -0.4 is 16.6 Å². The summed E-state index contributed by atoms with van der Waals surface area (Å²) < 4.78 is 11.6. The largest absolute Gasteiger partial charge is 0.382 e. The molecule has 0 aromatic carbocycles. The standard InChI is InChI=1S/C19H28N4O5/c1-5-7-23-16-15(18(25)22-19(23)26)13(11-14(21-16)12(2)3)17(24)20-6-8-28-10-9-27-4/h11-12H,5-10H2,1-4H3,(H,20,24)(H,22,25,26). The lowest BCUT2D eigenvalue weighted by atomic mass is 10.0. The summed E-state index contributed by atoms with van der Waals surface area (Å²) in [4.78, 5) is 44.3. The molecule has 0 aliphatic carbocycles. The monoisotopic (exact) mass is 392 g/mol. The van der Waals surface area contributed by atoms with E-state index in [0.717, 1.165) is 0 Å². The van der Waals surface area contributed by atoms with Crippen molar-refractivity contribution >= 4 is 16.9 Å². The Bertz CT molecular complexity index is 932. The number of nitrogens with zero attached hydrogens (tertiary/aromatic N) is 2. The van der Waals surface area contributed by atoms with Gasteiger partial charge in [-0.15, -0.1) is 0 Å². The minimum atomic E-state index is -0.614. The third-order valence-electron chi connectivity index (χ3n) is 4.22. The van der Waals surface area contributed by atoms with Crippen molar-refractivity contribution in [2.45, 2.75) is 39.7 Å². The van der Waals surface area contributed by atoms with Gasteiger partial charge in [-0.2, -0.15) is 0 Å². The number of nitrogens with one attached hydrogen (secondary N) is 2. The van der Waals surface area contributed by atoms with E-state index in [4.69, 9.17) is 9.47 Å². The number of fused-ring (bicyclic) bond motifs is 1. The summed E-state index contributed by atoms with van der Waals surface area (Å²) in [5, 5.41) is 2.88. The Morgan fingerprint density at radius 2 is 2.04 bits per heavy atom. The highest BCUT2D eigenvalue weighted by atomic mass is 16.5. The van der Waals surface area contributed by atoms with Crippen LogP contribution in [0.4, 0.5) is 0 Å². The van der Waals surface area contributed by atoms with Crippen LogP contribution in [0.5, 0.6) is 0 Å². The van der Waals surface area contributed by atoms with Crippen molar-refractivity contribution < 1.29 is 14.3 Å². The lowest BCUT2D eigenvalue weighted by Crippen LogP contribution is -2.34. The molecule has 0 saturated carbocycles. The number of aromatic amines is 1. The summed E-state index contributed by atoms with van der Waals surface area (Å²) in [5.41, 5.74) is -0.0499. The first kappa shape index (κ1) is 21.8. The van der Waals surface area contributed by atoms with Crippen LogP contribution in [0.25, 0.3) is 11.0 Å². The first-order valence-corrected chi connectivity index (χ1v) is 9.43. The number of aryl methyl sites for hydroxylation is 1. The zero-order valence-corrected chi connectivity index (χ0v) is 16.8. The molecule has 0 fully saturated rings. The van der Waals surface area contributed by atoms with E-state index < -0.39 is 17.2 Å². The Labute approximate surface area is 163 Å². The molecule has 2 aromatic heterocycles. The fourth-order valence-electron chi connectivity index (χ4n) is 2.78. The third-order valence-corrected chi connectivity index (χ3v) is 4.22. The zero-order valence-electron chi connectivity index (χ0n) is 16.8. The number of rotatable bonds is 10. The SMILES string of the molecule is CCCn1c(=O)[nH]c(=O)c2c(C(=O)NCCOCCOC)cc(C(C)C)nc21. The van der Waals surface area contributed by atoms with E-state index in [1.54, 1.807) is 13.2 Å². The maximum atomic E-state index is 12.8. The van der Waals surface area contributed by atoms with Crippen molar-refractivity contribution in [3.05, 3.63) is 38.2 Å². The minimum absolute atomic E-state index is 0.0257. The van der Waals surface area contributed by atoms with Gasteiger partial charge in [0.15, 0.2) is 5.65 Å². The molecule has 9 heteroatoms. The lowest BCUT2D eigenvalue weighted by Gasteiger charge is -2.14. The topological polar surface area (TPSA) is 115 Å². The number of amides is 1. The van der Waals surface area contributed by atoms with Gasteiger partial charge in [-0.05, 0) is 18.4 Å². The highest BCUT2D eigenvalue weighted by Crippen LogP contribution is 2.19. The fourth-order valence-corrected chi connectivity index (χ4v) is 2.78. The van der Waals surface area contributed by atoms with Gasteiger partial charge >= 0.3 is 5.69 Å². The van der Waals surface area contributed by atoms with Gasteiger partial charge in [-0.25, -0.2) is 9.78 Å². The molecule has 9 nitrogen and oxygen atoms in total. The number of hydrogen-bond donors (Lipinski definition) is 2. The van der Waals surface area contributed by atoms with Crippen molar-refractivity contribution in [1.82, 2.24) is 19.9 Å². The lowest BCUT2D eigenvalue weighted by molar-refractivity contribution is 0.0693. The summed E-state index contributed by atoms with van der Waals surface area (Å²) >= 11 is 0. The van der Waals surface area contributed by atoms with E-state index in [0.29, 0.717) is 38.5 Å². The Morgan fingerprint density at radius 3 is 2.68 bits per heavy atom. The number of carbonyl (C=O) groups is 1. The average molecular weight is 392 g/mol. The number of carbonyl (C=O) groups excluding carboxylic acids is 1. The second-order valence-corrected chi connectivity index (χ2v) is 6.72. The Kier molecular flexibility index (Phi) is 7.89. The summed E-state index contributed by atoms with van der Waals surface area (Å²) in [6.07, 6.45) is 0.689. The van der Waals surface area contributed by atoms with Crippen LogP contribution in [0, 0.1) is 0 Å². The molecular weight excluding hydrogens is 364 g/mol. The molecule has 2 aromatic rings. The molecule has 2 N–H and O–H groups in total. The number of aromatic nitrogens is 3. The van der Waals surface area contributed by atoms with Crippen molar-refractivity contribution in [2.75, 3.05) is 33.5 Å². The molecule has 0 spiro atoms. The molecule has 0 saturated heterocycles. The van der Waals surface area contributed by atoms with Crippen LogP contribution >= 0.6 is 0 Å². The highest BCUT2D eigenvalue weighted by Gasteiger charge is 2.20. The van der Waals surface area contributed by atoms with Gasteiger partial charge < -0.3 is 14.8 Å². The van der Waals surface area contributed by atoms with Crippen LogP contribution in [0.3, 0.4) is 0 Å². The molecule has 0 atom stereocenters. The summed E-state index contributed by atoms with van der Waals surface area (Å²) in [6, 6.07) is 1.62. The molecular formula is C19H28N4O5. The van der Waals surface area contributed by atoms with Crippen LogP contribution in [-0.2, 0) is 16.0 Å². The van der Waals surface area contributed by atoms with Gasteiger partial charge in [0, 0.05) is 25.9 Å². The molecule has 28 heavy (non-hydrogen) atoms. The Balaban J connectivity index is 2.43. The second kappa shape index (κ2) is 10.1. The van der Waals surface area contributed by atoms with Crippen LogP contribution in [0.1, 0.15) is 49.2 Å². The quantitative estimate of drug-likeness (QED) is 0.583. The van der Waals surface area contributed by atoms with Crippen molar-refractivity contribution in [3.8, 4) is 0 Å². The van der Waals surface area contributed by atoms with E-state index >= 15 is 0 Å². The smallest absolute Gasteiger partial charge is 0.329 e. The highest BCUT2D eigenvalue weighted by molar-refractivity contribution is 6.05. The second-order valence-electron chi connectivity index (χ2n) is 6.72. The molecule has 0 unspecified atom stereocenters. The van der Waals surface area contributed by atoms with Crippen LogP contribution in [0.2, 0.25) is 0 Å². The first-order chi connectivity index (χ1) is 13.4. The number of methoxy groups -OCH3 is 1. The number of H-pyrrole nitrogens is 1. The van der Waals surface area contributed by atoms with Crippen molar-refractivity contribution in [3.63, 3.8) is 0 Å². The number of ether oxygens (including phenoxy) is 2. The molecule has 0 bridgehead atoms. The number of hydrogen-bond acceptors (Lipinski definition) is 6. The van der Waals surface area contributed by atoms with Crippen molar-refractivity contribution in [1.29, 1.82) is 0 Å². The van der Waals surface area contributed by atoms with E-state index in [1.165, 1.54) is 4.57 Å². The molecule has 2 rings (SSSR count). The molecule has 0 aliphatic heterocycles. The molecule has 0 aliphatic rings. The Hall–Kier alpha value is -2.52. The summed E-state index contributed by atoms with van der Waals surface area (Å²) in [6.45, 7) is 7.73. The number of pyridine rings is 1. The Morgan fingerprint density at radius 1 is 1.29 bits per heavy atom. The first-order valence-electron chi connectivity index (χ1n) is 9.43.